The molecule has 0 aliphatic carbocycles. The molecule has 2 fully saturated rings. The highest BCUT2D eigenvalue weighted by molar-refractivity contribution is 6.42. The minimum absolute atomic E-state index is 0.0498. The van der Waals surface area contributed by atoms with Crippen molar-refractivity contribution in [2.45, 2.75) is 25.7 Å². The Labute approximate surface area is 225 Å². The van der Waals surface area contributed by atoms with E-state index in [4.69, 9.17) is 27.6 Å². The molecule has 1 N–H and O–H groups in total. The molecule has 198 valence electrons. The van der Waals surface area contributed by atoms with Crippen molar-refractivity contribution in [3.63, 3.8) is 0 Å². The predicted octanol–water partition coefficient (Wildman–Crippen LogP) is 3.86. The van der Waals surface area contributed by atoms with E-state index in [1.807, 2.05) is 6.07 Å². The Bertz CT molecular complexity index is 1450. The smallest absolute Gasteiger partial charge is 0.349 e. The Hall–Kier alpha value is -3.56. The molecule has 38 heavy (non-hydrogen) atoms. The van der Waals surface area contributed by atoms with Crippen LogP contribution in [0.1, 0.15) is 47.5 Å². The first-order chi connectivity index (χ1) is 17.9. The number of aromatic amines is 1. The van der Waals surface area contributed by atoms with Gasteiger partial charge >= 0.3 is 5.92 Å². The van der Waals surface area contributed by atoms with Gasteiger partial charge in [-0.15, -0.1) is 10.2 Å². The van der Waals surface area contributed by atoms with Gasteiger partial charge in [-0.2, -0.15) is 19.1 Å². The normalized spacial score (nSPS) is 18.9. The highest BCUT2D eigenvalue weighted by Gasteiger charge is 2.60. The first-order valence-corrected chi connectivity index (χ1v) is 12.3. The van der Waals surface area contributed by atoms with Gasteiger partial charge < -0.3 is 14.2 Å². The fourth-order valence-corrected chi connectivity index (χ4v) is 5.25. The zero-order valence-corrected chi connectivity index (χ0v) is 21.7. The maximum atomic E-state index is 15.3. The minimum Gasteiger partial charge on any atom is -0.419 e. The molecule has 2 aromatic heterocycles. The number of likely N-dealkylation sites (tertiary alicyclic amines) is 2. The van der Waals surface area contributed by atoms with E-state index >= 15 is 8.78 Å². The van der Waals surface area contributed by atoms with Gasteiger partial charge in [-0.05, 0) is 26.0 Å². The first-order valence-electron chi connectivity index (χ1n) is 11.5. The molecule has 5 rings (SSSR count). The first kappa shape index (κ1) is 26.1. The largest absolute Gasteiger partial charge is 0.419 e. The fourth-order valence-electron chi connectivity index (χ4n) is 4.95. The molecule has 14 heteroatoms. The van der Waals surface area contributed by atoms with Crippen molar-refractivity contribution in [2.75, 3.05) is 26.2 Å². The van der Waals surface area contributed by atoms with Crippen molar-refractivity contribution in [2.24, 2.45) is 10.8 Å². The number of amides is 2. The minimum atomic E-state index is -3.66. The van der Waals surface area contributed by atoms with E-state index in [0.29, 0.717) is 5.56 Å². The van der Waals surface area contributed by atoms with Gasteiger partial charge in [0.25, 0.3) is 11.8 Å². The summed E-state index contributed by atoms with van der Waals surface area (Å²) in [6.45, 7) is 3.76. The molecule has 2 amide bonds. The van der Waals surface area contributed by atoms with Crippen molar-refractivity contribution in [1.82, 2.24) is 30.2 Å². The van der Waals surface area contributed by atoms with Gasteiger partial charge in [0.15, 0.2) is 0 Å². The van der Waals surface area contributed by atoms with Gasteiger partial charge in [-0.3, -0.25) is 14.7 Å². The van der Waals surface area contributed by atoms with Gasteiger partial charge in [0.05, 0.1) is 33.8 Å². The zero-order chi connectivity index (χ0) is 27.5. The summed E-state index contributed by atoms with van der Waals surface area (Å²) in [5.74, 6) is -5.97. The molecular formula is C24H21Cl2F2N7O3. The van der Waals surface area contributed by atoms with Gasteiger partial charge in [0, 0.05) is 43.4 Å². The monoisotopic (exact) mass is 563 g/mol. The molecule has 1 aromatic carbocycles. The summed E-state index contributed by atoms with van der Waals surface area (Å²) in [6.07, 6.45) is 2.84. The quantitative estimate of drug-likeness (QED) is 0.498. The highest BCUT2D eigenvalue weighted by Crippen LogP contribution is 2.50. The second-order valence-electron chi connectivity index (χ2n) is 10.1. The molecule has 2 aliphatic rings. The van der Waals surface area contributed by atoms with E-state index in [9.17, 15) is 14.9 Å². The lowest BCUT2D eigenvalue weighted by Gasteiger charge is -2.51. The second kappa shape index (κ2) is 9.03. The van der Waals surface area contributed by atoms with E-state index in [0.717, 1.165) is 12.1 Å². The molecule has 2 aliphatic heterocycles. The number of H-pyrrole nitrogens is 1. The summed E-state index contributed by atoms with van der Waals surface area (Å²) >= 11 is 11.8. The Kier molecular flexibility index (Phi) is 6.19. The van der Waals surface area contributed by atoms with E-state index < -0.39 is 34.1 Å². The number of hydrogen-bond acceptors (Lipinski definition) is 7. The second-order valence-corrected chi connectivity index (χ2v) is 10.9. The zero-order valence-electron chi connectivity index (χ0n) is 20.2. The number of alkyl halides is 2. The summed E-state index contributed by atoms with van der Waals surface area (Å²) in [5.41, 5.74) is -2.10. The number of carbonyl (C=O) groups is 2. The molecule has 4 heterocycles. The number of carbonyl (C=O) groups excluding carboxylic acids is 2. The molecule has 0 bridgehead atoms. The third-order valence-corrected chi connectivity index (χ3v) is 7.82. The maximum absolute atomic E-state index is 15.3. The van der Waals surface area contributed by atoms with Crippen molar-refractivity contribution in [3.05, 3.63) is 63.5 Å². The number of rotatable bonds is 5. The van der Waals surface area contributed by atoms with E-state index in [-0.39, 0.29) is 53.9 Å². The number of benzene rings is 1. The number of aromatic nitrogens is 4. The summed E-state index contributed by atoms with van der Waals surface area (Å²) < 4.78 is 36.1. The Morgan fingerprint density at radius 2 is 1.89 bits per heavy atom. The van der Waals surface area contributed by atoms with Gasteiger partial charge in [0.2, 0.25) is 11.8 Å². The highest BCUT2D eigenvalue weighted by atomic mass is 35.5. The number of nitrogens with zero attached hydrogens (tertiary/aromatic N) is 6. The molecular weight excluding hydrogens is 543 g/mol. The number of halogens is 4. The van der Waals surface area contributed by atoms with Crippen LogP contribution in [-0.2, 0) is 10.7 Å². The van der Waals surface area contributed by atoms with Crippen LogP contribution in [0.5, 0.6) is 0 Å². The van der Waals surface area contributed by atoms with Crippen molar-refractivity contribution < 1.29 is 22.8 Å². The van der Waals surface area contributed by atoms with Gasteiger partial charge in [0.1, 0.15) is 5.41 Å². The van der Waals surface area contributed by atoms with E-state index in [1.165, 1.54) is 37.2 Å². The molecule has 1 unspecified atom stereocenters. The van der Waals surface area contributed by atoms with Gasteiger partial charge in [-0.1, -0.05) is 29.3 Å². The SMILES string of the molecule is CC(C)(C#N)C(=O)N1CC2(CN(C(=O)c3cn[nH]c3)CC2c2nnc(C(F)(F)c3ccc(Cl)c(Cl)c3)o2)C1. The summed E-state index contributed by atoms with van der Waals surface area (Å²) in [4.78, 5) is 29.0. The predicted molar refractivity (Wildman–Crippen MR) is 129 cm³/mol. The van der Waals surface area contributed by atoms with Crippen LogP contribution in [0.3, 0.4) is 0 Å². The van der Waals surface area contributed by atoms with Crippen LogP contribution in [0.2, 0.25) is 10.0 Å². The molecule has 1 spiro atoms. The maximum Gasteiger partial charge on any atom is 0.349 e. The number of nitrogens with one attached hydrogen (secondary N) is 1. The molecule has 1 atom stereocenters. The van der Waals surface area contributed by atoms with Crippen LogP contribution in [0.15, 0.2) is 35.0 Å². The number of hydrogen-bond donors (Lipinski definition) is 1. The van der Waals surface area contributed by atoms with Crippen LogP contribution in [0.4, 0.5) is 8.78 Å². The lowest BCUT2D eigenvalue weighted by molar-refractivity contribution is -0.150. The molecule has 10 nitrogen and oxygen atoms in total. The Balaban J connectivity index is 1.45. The topological polar surface area (TPSA) is 132 Å². The van der Waals surface area contributed by atoms with Crippen LogP contribution in [0.25, 0.3) is 0 Å². The van der Waals surface area contributed by atoms with Crippen LogP contribution < -0.4 is 0 Å². The van der Waals surface area contributed by atoms with Crippen LogP contribution in [0, 0.1) is 22.2 Å². The van der Waals surface area contributed by atoms with Crippen molar-refractivity contribution >= 4 is 35.0 Å². The Morgan fingerprint density at radius 3 is 2.53 bits per heavy atom. The van der Waals surface area contributed by atoms with E-state index in [1.54, 1.807) is 4.90 Å². The Morgan fingerprint density at radius 1 is 1.18 bits per heavy atom. The average molecular weight is 564 g/mol. The third-order valence-electron chi connectivity index (χ3n) is 7.08. The fraction of sp³-hybridized carbons (Fsp3) is 0.417. The van der Waals surface area contributed by atoms with E-state index in [2.05, 4.69) is 20.4 Å². The standard InChI is InChI=1S/C24H21Cl2F2N7O3/c1-22(2,9-29)21(37)35-11-23(12-35)10-34(19(36)13-6-30-31-7-13)8-15(23)18-32-33-20(38-18)24(27,28)14-3-4-16(25)17(26)5-14/h3-7,15H,8,10-12H2,1-2H3,(H,30,31). The molecule has 2 saturated heterocycles. The lowest BCUT2D eigenvalue weighted by Crippen LogP contribution is -2.63. The van der Waals surface area contributed by atoms with Crippen LogP contribution >= 0.6 is 23.2 Å². The third kappa shape index (κ3) is 4.19. The van der Waals surface area contributed by atoms with Crippen molar-refractivity contribution in [1.29, 1.82) is 5.26 Å². The van der Waals surface area contributed by atoms with Crippen molar-refractivity contribution in [3.8, 4) is 6.07 Å². The molecule has 0 radical (unpaired) electrons. The lowest BCUT2D eigenvalue weighted by atomic mass is 9.70. The summed E-state index contributed by atoms with van der Waals surface area (Å²) in [7, 11) is 0. The van der Waals surface area contributed by atoms with Crippen LogP contribution in [-0.4, -0.2) is 68.2 Å². The molecule has 0 saturated carbocycles. The number of nitriles is 1. The average Bonchev–Trinajstić information content (AvgIpc) is 3.63. The summed E-state index contributed by atoms with van der Waals surface area (Å²) in [6, 6.07) is 5.39. The summed E-state index contributed by atoms with van der Waals surface area (Å²) in [5, 5.41) is 23.4. The van der Waals surface area contributed by atoms with Gasteiger partial charge in [-0.25, -0.2) is 0 Å². The molecule has 3 aromatic rings.